The largest absolute Gasteiger partial charge is 0.491 e. The lowest BCUT2D eigenvalue weighted by Crippen LogP contribution is -2.36. The first kappa shape index (κ1) is 25.7. The molecule has 1 aromatic heterocycles. The summed E-state index contributed by atoms with van der Waals surface area (Å²) in [5, 5.41) is 4.12. The van der Waals surface area contributed by atoms with Crippen LogP contribution in [0.15, 0.2) is 64.4 Å². The van der Waals surface area contributed by atoms with E-state index in [1.165, 1.54) is 23.0 Å². The molecule has 0 aliphatic carbocycles. The number of hydrogen-bond acceptors (Lipinski definition) is 7. The lowest BCUT2D eigenvalue weighted by molar-refractivity contribution is 0.221. The molecule has 0 saturated carbocycles. The maximum Gasteiger partial charge on any atom is 0.297 e. The minimum Gasteiger partial charge on any atom is -0.491 e. The molecule has 2 aromatic carbocycles. The summed E-state index contributed by atoms with van der Waals surface area (Å²) in [5.41, 5.74) is 0.873. The number of ether oxygens (including phenoxy) is 2. The summed E-state index contributed by atoms with van der Waals surface area (Å²) in [6.07, 6.45) is 1.43. The van der Waals surface area contributed by atoms with E-state index in [0.717, 1.165) is 11.1 Å². The van der Waals surface area contributed by atoms with Gasteiger partial charge in [-0.25, -0.2) is 4.68 Å². The Labute approximate surface area is 204 Å². The number of aryl methyl sites for hydroxylation is 1. The molecule has 3 rings (SSSR count). The number of halogens is 1. The summed E-state index contributed by atoms with van der Waals surface area (Å²) in [6, 6.07) is 13.5. The van der Waals surface area contributed by atoms with E-state index < -0.39 is 21.2 Å². The Balaban J connectivity index is 1.50. The zero-order valence-electron chi connectivity index (χ0n) is 19.4. The van der Waals surface area contributed by atoms with Gasteiger partial charge in [0.1, 0.15) is 25.6 Å². The molecule has 0 bridgehead atoms. The predicted octanol–water partition coefficient (Wildman–Crippen LogP) is 4.32. The third-order valence-electron chi connectivity index (χ3n) is 4.74. The minimum atomic E-state index is -3.83. The van der Waals surface area contributed by atoms with Gasteiger partial charge < -0.3 is 9.47 Å². The van der Waals surface area contributed by atoms with Gasteiger partial charge >= 0.3 is 0 Å². The van der Waals surface area contributed by atoms with Crippen LogP contribution in [0.4, 0.5) is 0 Å². The summed E-state index contributed by atoms with van der Waals surface area (Å²) >= 11 is 6.17. The second kappa shape index (κ2) is 10.6. The summed E-state index contributed by atoms with van der Waals surface area (Å²) < 4.78 is 41.9. The molecule has 0 atom stereocenters. The molecule has 0 aliphatic heterocycles. The molecule has 0 amide bonds. The number of nitrogens with zero attached hydrogens (tertiary/aromatic N) is 2. The zero-order valence-corrected chi connectivity index (χ0v) is 21.0. The van der Waals surface area contributed by atoms with Crippen molar-refractivity contribution in [2.24, 2.45) is 0 Å². The van der Waals surface area contributed by atoms with Crippen molar-refractivity contribution < 1.29 is 22.1 Å². The van der Waals surface area contributed by atoms with Crippen molar-refractivity contribution in [2.45, 2.75) is 44.7 Å². The van der Waals surface area contributed by atoms with E-state index in [9.17, 15) is 13.2 Å². The Morgan fingerprint density at radius 3 is 2.24 bits per heavy atom. The van der Waals surface area contributed by atoms with E-state index in [-0.39, 0.29) is 35.5 Å². The van der Waals surface area contributed by atoms with Crippen LogP contribution < -0.4 is 15.0 Å². The first-order valence-corrected chi connectivity index (χ1v) is 12.3. The Morgan fingerprint density at radius 1 is 0.971 bits per heavy atom. The van der Waals surface area contributed by atoms with Gasteiger partial charge in [0, 0.05) is 0 Å². The molecular formula is C24H27ClN2O6S. The van der Waals surface area contributed by atoms with E-state index >= 15 is 0 Å². The highest BCUT2D eigenvalue weighted by atomic mass is 35.5. The molecule has 0 saturated heterocycles. The highest BCUT2D eigenvalue weighted by Gasteiger charge is 2.20. The van der Waals surface area contributed by atoms with Gasteiger partial charge in [-0.3, -0.25) is 8.98 Å². The van der Waals surface area contributed by atoms with E-state index in [1.54, 1.807) is 36.4 Å². The van der Waals surface area contributed by atoms with Gasteiger partial charge in [0.05, 0.1) is 16.6 Å². The van der Waals surface area contributed by atoms with Crippen LogP contribution in [0.3, 0.4) is 0 Å². The first-order valence-electron chi connectivity index (χ1n) is 10.6. The molecule has 34 heavy (non-hydrogen) atoms. The van der Waals surface area contributed by atoms with Crippen LogP contribution >= 0.6 is 11.6 Å². The maximum absolute atomic E-state index is 12.4. The average Bonchev–Trinajstić information content (AvgIpc) is 2.78. The maximum atomic E-state index is 12.4. The Morgan fingerprint density at radius 2 is 1.62 bits per heavy atom. The number of hydrogen-bond donors (Lipinski definition) is 0. The SMILES string of the molecule is Cc1ccc(S(=O)(=O)OCCOc2ccc(COc3cnn(C(C)(C)C)c(=O)c3Cl)cc2)cc1. The quantitative estimate of drug-likeness (QED) is 0.315. The van der Waals surface area contributed by atoms with Crippen molar-refractivity contribution in [1.29, 1.82) is 0 Å². The molecule has 0 aliphatic rings. The molecular weight excluding hydrogens is 480 g/mol. The molecule has 1 heterocycles. The minimum absolute atomic E-state index is 0.0227. The summed E-state index contributed by atoms with van der Waals surface area (Å²) in [5.74, 6) is 0.756. The van der Waals surface area contributed by atoms with E-state index in [2.05, 4.69) is 5.10 Å². The van der Waals surface area contributed by atoms with E-state index in [1.807, 2.05) is 27.7 Å². The van der Waals surface area contributed by atoms with Gasteiger partial charge in [-0.05, 0) is 57.5 Å². The van der Waals surface area contributed by atoms with Crippen molar-refractivity contribution in [3.63, 3.8) is 0 Å². The van der Waals surface area contributed by atoms with Crippen molar-refractivity contribution in [3.05, 3.63) is 81.2 Å². The zero-order chi connectivity index (χ0) is 24.9. The van der Waals surface area contributed by atoms with Gasteiger partial charge in [-0.2, -0.15) is 13.5 Å². The van der Waals surface area contributed by atoms with Crippen LogP contribution in [0.5, 0.6) is 11.5 Å². The normalized spacial score (nSPS) is 11.9. The Bertz CT molecular complexity index is 1280. The fourth-order valence-corrected chi connectivity index (χ4v) is 3.99. The average molecular weight is 507 g/mol. The number of aromatic nitrogens is 2. The lowest BCUT2D eigenvalue weighted by atomic mass is 10.1. The Hall–Kier alpha value is -2.88. The van der Waals surface area contributed by atoms with Crippen molar-refractivity contribution in [1.82, 2.24) is 9.78 Å². The van der Waals surface area contributed by atoms with E-state index in [4.69, 9.17) is 25.3 Å². The third kappa shape index (κ3) is 6.59. The molecule has 0 spiro atoms. The molecule has 8 nitrogen and oxygen atoms in total. The van der Waals surface area contributed by atoms with E-state index in [0.29, 0.717) is 5.75 Å². The standard InChI is InChI=1S/C24H27ClN2O6S/c1-17-5-11-20(12-6-17)34(29,30)33-14-13-31-19-9-7-18(8-10-19)16-32-21-15-26-27(24(2,3)4)23(28)22(21)25/h5-12,15H,13-14,16H2,1-4H3. The van der Waals surface area contributed by atoms with Crippen LogP contribution in [-0.2, 0) is 26.4 Å². The first-order chi connectivity index (χ1) is 16.0. The second-order valence-electron chi connectivity index (χ2n) is 8.58. The molecule has 3 aromatic rings. The highest BCUT2D eigenvalue weighted by Crippen LogP contribution is 2.22. The van der Waals surface area contributed by atoms with Crippen molar-refractivity contribution >= 4 is 21.7 Å². The van der Waals surface area contributed by atoms with Crippen molar-refractivity contribution in [3.8, 4) is 11.5 Å². The van der Waals surface area contributed by atoms with Crippen LogP contribution in [0.2, 0.25) is 5.02 Å². The van der Waals surface area contributed by atoms with Crippen LogP contribution in [0.25, 0.3) is 0 Å². The molecule has 182 valence electrons. The molecule has 0 N–H and O–H groups in total. The van der Waals surface area contributed by atoms with Crippen molar-refractivity contribution in [2.75, 3.05) is 13.2 Å². The van der Waals surface area contributed by atoms with Gasteiger partial charge in [0.25, 0.3) is 15.7 Å². The summed E-state index contributed by atoms with van der Waals surface area (Å²) in [4.78, 5) is 12.5. The lowest BCUT2D eigenvalue weighted by Gasteiger charge is -2.21. The van der Waals surface area contributed by atoms with Gasteiger partial charge in [0.15, 0.2) is 10.8 Å². The number of benzene rings is 2. The number of rotatable bonds is 9. The molecule has 10 heteroatoms. The smallest absolute Gasteiger partial charge is 0.297 e. The van der Waals surface area contributed by atoms with Crippen LogP contribution in [0.1, 0.15) is 31.9 Å². The predicted molar refractivity (Wildman–Crippen MR) is 129 cm³/mol. The molecule has 0 fully saturated rings. The fourth-order valence-electron chi connectivity index (χ4n) is 2.92. The van der Waals surface area contributed by atoms with Gasteiger partial charge in [-0.1, -0.05) is 41.4 Å². The monoisotopic (exact) mass is 506 g/mol. The Kier molecular flexibility index (Phi) is 8.01. The third-order valence-corrected chi connectivity index (χ3v) is 6.41. The highest BCUT2D eigenvalue weighted by molar-refractivity contribution is 7.86. The van der Waals surface area contributed by atoms with Crippen LogP contribution in [0, 0.1) is 6.92 Å². The molecule has 0 unspecified atom stereocenters. The van der Waals surface area contributed by atoms with Gasteiger partial charge in [0.2, 0.25) is 0 Å². The fraction of sp³-hybridized carbons (Fsp3) is 0.333. The van der Waals surface area contributed by atoms with Gasteiger partial charge in [-0.15, -0.1) is 0 Å². The summed E-state index contributed by atoms with van der Waals surface area (Å²) in [6.45, 7) is 7.57. The summed E-state index contributed by atoms with van der Waals surface area (Å²) in [7, 11) is -3.83. The second-order valence-corrected chi connectivity index (χ2v) is 10.6. The van der Waals surface area contributed by atoms with Crippen LogP contribution in [-0.4, -0.2) is 31.4 Å². The topological polar surface area (TPSA) is 96.7 Å². The molecule has 0 radical (unpaired) electrons.